The topological polar surface area (TPSA) is 105 Å². The number of benzene rings is 1. The van der Waals surface area contributed by atoms with Crippen molar-refractivity contribution in [2.75, 3.05) is 31.2 Å². The molecule has 1 aliphatic rings. The van der Waals surface area contributed by atoms with Crippen molar-refractivity contribution in [1.82, 2.24) is 29.1 Å². The highest BCUT2D eigenvalue weighted by atomic mass is 35.5. The van der Waals surface area contributed by atoms with Gasteiger partial charge in [-0.05, 0) is 36.6 Å². The van der Waals surface area contributed by atoms with Gasteiger partial charge in [-0.2, -0.15) is 13.2 Å². The number of halogens is 4. The molecule has 0 unspecified atom stereocenters. The van der Waals surface area contributed by atoms with Crippen LogP contribution in [0.2, 0.25) is 5.02 Å². The molecule has 0 saturated carbocycles. The van der Waals surface area contributed by atoms with Crippen LogP contribution in [0.5, 0.6) is 0 Å². The second-order valence-electron chi connectivity index (χ2n) is 9.32. The minimum absolute atomic E-state index is 0.00973. The number of rotatable bonds is 8. The Morgan fingerprint density at radius 2 is 2.00 bits per heavy atom. The summed E-state index contributed by atoms with van der Waals surface area (Å²) in [7, 11) is -3.32. The number of imidazole rings is 1. The summed E-state index contributed by atoms with van der Waals surface area (Å²) >= 11 is 6.45. The van der Waals surface area contributed by atoms with Crippen LogP contribution in [0.25, 0.3) is 17.1 Å². The average Bonchev–Trinajstić information content (AvgIpc) is 3.32. The fourth-order valence-corrected chi connectivity index (χ4v) is 5.60. The van der Waals surface area contributed by atoms with E-state index in [9.17, 15) is 21.6 Å². The van der Waals surface area contributed by atoms with Crippen molar-refractivity contribution in [2.24, 2.45) is 5.92 Å². The molecular weight excluding hydrogens is 543 g/mol. The fraction of sp³-hybridized carbons (Fsp3) is 0.458. The summed E-state index contributed by atoms with van der Waals surface area (Å²) in [6.07, 6.45) is 0.492. The van der Waals surface area contributed by atoms with Crippen LogP contribution in [-0.2, 0) is 22.7 Å². The van der Waals surface area contributed by atoms with Crippen LogP contribution >= 0.6 is 11.6 Å². The number of sulfonamides is 1. The Morgan fingerprint density at radius 1 is 1.24 bits per heavy atom. The molecule has 0 bridgehead atoms. The van der Waals surface area contributed by atoms with Gasteiger partial charge in [0.15, 0.2) is 0 Å². The monoisotopic (exact) mass is 571 g/mol. The summed E-state index contributed by atoms with van der Waals surface area (Å²) in [6, 6.07) is 5.24. The summed E-state index contributed by atoms with van der Waals surface area (Å²) in [5.74, 6) is -0.0947. The molecule has 1 aliphatic heterocycles. The predicted molar refractivity (Wildman–Crippen MR) is 140 cm³/mol. The van der Waals surface area contributed by atoms with E-state index in [-0.39, 0.29) is 29.3 Å². The molecule has 9 nitrogen and oxygen atoms in total. The number of piperidine rings is 1. The average molecular weight is 572 g/mol. The van der Waals surface area contributed by atoms with Crippen molar-refractivity contribution in [3.8, 4) is 17.1 Å². The lowest BCUT2D eigenvalue weighted by molar-refractivity contribution is -0.137. The van der Waals surface area contributed by atoms with Crippen LogP contribution in [0, 0.1) is 5.92 Å². The van der Waals surface area contributed by atoms with Crippen LogP contribution in [0.15, 0.2) is 36.9 Å². The zero-order valence-corrected chi connectivity index (χ0v) is 22.7. The van der Waals surface area contributed by atoms with E-state index >= 15 is 0 Å². The van der Waals surface area contributed by atoms with Crippen molar-refractivity contribution in [3.63, 3.8) is 0 Å². The molecule has 3 heterocycles. The normalized spacial score (nSPS) is 19.0. The summed E-state index contributed by atoms with van der Waals surface area (Å²) < 4.78 is 68.2. The van der Waals surface area contributed by atoms with Gasteiger partial charge in [0.1, 0.15) is 23.3 Å². The number of nitrogens with zero attached hydrogens (tertiary/aromatic N) is 5. The molecule has 2 aromatic heterocycles. The maximum atomic E-state index is 13.9. The molecule has 206 valence electrons. The SMILES string of the molecule is CCNCc1ccc(-n2cnc(-c3nc(N[C@H]4CCN(S(C)(=O)=O)C[C@H]4C)ncc3C(F)(F)F)c2)c(Cl)c1. The van der Waals surface area contributed by atoms with E-state index in [1.165, 1.54) is 16.8 Å². The first-order chi connectivity index (χ1) is 17.9. The zero-order chi connectivity index (χ0) is 27.7. The van der Waals surface area contributed by atoms with E-state index < -0.39 is 21.8 Å². The third-order valence-corrected chi connectivity index (χ3v) is 8.01. The summed E-state index contributed by atoms with van der Waals surface area (Å²) in [4.78, 5) is 12.3. The maximum Gasteiger partial charge on any atom is 0.420 e. The standard InChI is InChI=1S/C24H29ClF3N7O2S/c1-4-29-10-16-5-6-21(18(25)9-16)34-13-20(31-14-34)22-17(24(26,27)28)11-30-23(33-22)32-19-7-8-35(12-15(19)2)38(3,36)37/h5-6,9,11,13-15,19,29H,4,7-8,10,12H2,1-3H3,(H,30,32,33)/t15-,19+/m1/s1. The number of alkyl halides is 3. The van der Waals surface area contributed by atoms with E-state index in [1.807, 2.05) is 19.9 Å². The lowest BCUT2D eigenvalue weighted by Crippen LogP contribution is -2.47. The highest BCUT2D eigenvalue weighted by molar-refractivity contribution is 7.88. The molecule has 3 aromatic rings. The Labute approximate surface area is 224 Å². The van der Waals surface area contributed by atoms with Crippen LogP contribution in [0.1, 0.15) is 31.4 Å². The molecular formula is C24H29ClF3N7O2S. The van der Waals surface area contributed by atoms with E-state index in [1.54, 1.807) is 16.7 Å². The maximum absolute atomic E-state index is 13.9. The van der Waals surface area contributed by atoms with E-state index in [0.29, 0.717) is 36.8 Å². The minimum atomic E-state index is -4.70. The van der Waals surface area contributed by atoms with Gasteiger partial charge >= 0.3 is 6.18 Å². The third-order valence-electron chi connectivity index (χ3n) is 6.44. The van der Waals surface area contributed by atoms with Gasteiger partial charge in [-0.3, -0.25) is 0 Å². The second-order valence-corrected chi connectivity index (χ2v) is 11.7. The molecule has 1 fully saturated rings. The molecule has 14 heteroatoms. The second kappa shape index (κ2) is 11.2. The first-order valence-corrected chi connectivity index (χ1v) is 14.3. The molecule has 0 aliphatic carbocycles. The quantitative estimate of drug-likeness (QED) is 0.418. The van der Waals surface area contributed by atoms with Gasteiger partial charge in [-0.15, -0.1) is 0 Å². The lowest BCUT2D eigenvalue weighted by atomic mass is 9.95. The predicted octanol–water partition coefficient (Wildman–Crippen LogP) is 4.19. The van der Waals surface area contributed by atoms with Gasteiger partial charge < -0.3 is 15.2 Å². The number of hydrogen-bond donors (Lipinski definition) is 2. The Balaban J connectivity index is 1.61. The molecule has 1 saturated heterocycles. The van der Waals surface area contributed by atoms with E-state index in [2.05, 4.69) is 25.6 Å². The Hall–Kier alpha value is -2.74. The first-order valence-electron chi connectivity index (χ1n) is 12.1. The molecule has 1 aromatic carbocycles. The first kappa shape index (κ1) is 28.3. The van der Waals surface area contributed by atoms with Gasteiger partial charge in [0, 0.05) is 38.1 Å². The summed E-state index contributed by atoms with van der Waals surface area (Å²) in [5.41, 5.74) is 0.173. The highest BCUT2D eigenvalue weighted by Crippen LogP contribution is 2.36. The molecule has 0 amide bonds. The molecule has 2 atom stereocenters. The smallest absolute Gasteiger partial charge is 0.351 e. The molecule has 2 N–H and O–H groups in total. The summed E-state index contributed by atoms with van der Waals surface area (Å²) in [5, 5.41) is 6.73. The van der Waals surface area contributed by atoms with Crippen molar-refractivity contribution in [3.05, 3.63) is 53.1 Å². The van der Waals surface area contributed by atoms with Crippen LogP contribution in [0.4, 0.5) is 19.1 Å². The molecule has 4 rings (SSSR count). The highest BCUT2D eigenvalue weighted by Gasteiger charge is 2.37. The number of aromatic nitrogens is 4. The number of nitrogens with one attached hydrogen (secondary N) is 2. The zero-order valence-electron chi connectivity index (χ0n) is 21.1. The minimum Gasteiger partial charge on any atom is -0.351 e. The Morgan fingerprint density at radius 3 is 2.63 bits per heavy atom. The lowest BCUT2D eigenvalue weighted by Gasteiger charge is -2.35. The molecule has 0 radical (unpaired) electrons. The van der Waals surface area contributed by atoms with Gasteiger partial charge in [0.05, 0.1) is 17.0 Å². The van der Waals surface area contributed by atoms with Crippen LogP contribution in [0.3, 0.4) is 0 Å². The Kier molecular flexibility index (Phi) is 8.31. The van der Waals surface area contributed by atoms with Crippen molar-refractivity contribution < 1.29 is 21.6 Å². The van der Waals surface area contributed by atoms with Gasteiger partial charge in [0.25, 0.3) is 0 Å². The van der Waals surface area contributed by atoms with Crippen molar-refractivity contribution >= 4 is 27.6 Å². The van der Waals surface area contributed by atoms with E-state index in [4.69, 9.17) is 11.6 Å². The van der Waals surface area contributed by atoms with Crippen molar-refractivity contribution in [2.45, 2.75) is 39.0 Å². The van der Waals surface area contributed by atoms with Crippen LogP contribution in [-0.4, -0.2) is 64.2 Å². The largest absolute Gasteiger partial charge is 0.420 e. The molecule has 38 heavy (non-hydrogen) atoms. The van der Waals surface area contributed by atoms with E-state index in [0.717, 1.165) is 24.6 Å². The Bertz CT molecular complexity index is 1400. The van der Waals surface area contributed by atoms with Gasteiger partial charge in [0.2, 0.25) is 16.0 Å². The number of anilines is 1. The third kappa shape index (κ3) is 6.45. The van der Waals surface area contributed by atoms with Crippen LogP contribution < -0.4 is 10.6 Å². The summed E-state index contributed by atoms with van der Waals surface area (Å²) in [6.45, 7) is 5.91. The number of hydrogen-bond acceptors (Lipinski definition) is 7. The molecule has 0 spiro atoms. The van der Waals surface area contributed by atoms with Gasteiger partial charge in [-0.25, -0.2) is 27.7 Å². The fourth-order valence-electron chi connectivity index (χ4n) is 4.36. The van der Waals surface area contributed by atoms with Gasteiger partial charge in [-0.1, -0.05) is 31.5 Å². The van der Waals surface area contributed by atoms with Crippen molar-refractivity contribution in [1.29, 1.82) is 0 Å².